The molecule has 0 aliphatic carbocycles. The van der Waals surface area contributed by atoms with Crippen molar-refractivity contribution in [2.24, 2.45) is 0 Å². The molecule has 7 nitrogen and oxygen atoms in total. The number of rotatable bonds is 6. The van der Waals surface area contributed by atoms with Gasteiger partial charge in [-0.2, -0.15) is 5.10 Å². The molecule has 0 aliphatic rings. The highest BCUT2D eigenvalue weighted by molar-refractivity contribution is 6.30. The standard InChI is InChI=1S/C20H18ClN3O4/c1-3-28-20(26)18-17(16(23-24-18)12-7-9-14(21)10-8-12)22-19(25)13-5-4-6-15(11-13)27-2/h4-11H,3H2,1-2H3,(H,22,25)(H,23,24). The molecular weight excluding hydrogens is 382 g/mol. The monoisotopic (exact) mass is 399 g/mol. The molecule has 2 N–H and O–H groups in total. The molecule has 1 amide bonds. The molecule has 0 spiro atoms. The summed E-state index contributed by atoms with van der Waals surface area (Å²) >= 11 is 5.94. The summed E-state index contributed by atoms with van der Waals surface area (Å²) in [6, 6.07) is 13.6. The molecule has 0 saturated carbocycles. The second kappa shape index (κ2) is 8.58. The maximum Gasteiger partial charge on any atom is 0.358 e. The van der Waals surface area contributed by atoms with Crippen molar-refractivity contribution in [3.63, 3.8) is 0 Å². The van der Waals surface area contributed by atoms with E-state index in [0.717, 1.165) is 0 Å². The first-order valence-corrected chi connectivity index (χ1v) is 8.88. The lowest BCUT2D eigenvalue weighted by Gasteiger charge is -2.09. The molecule has 1 aromatic heterocycles. The molecule has 0 fully saturated rings. The summed E-state index contributed by atoms with van der Waals surface area (Å²) in [7, 11) is 1.52. The zero-order valence-electron chi connectivity index (χ0n) is 15.3. The fourth-order valence-electron chi connectivity index (χ4n) is 2.58. The van der Waals surface area contributed by atoms with Crippen LogP contribution in [0.1, 0.15) is 27.8 Å². The summed E-state index contributed by atoms with van der Waals surface area (Å²) in [5.74, 6) is -0.486. The Kier molecular flexibility index (Phi) is 5.96. The van der Waals surface area contributed by atoms with Crippen molar-refractivity contribution in [3.05, 3.63) is 64.8 Å². The number of aromatic nitrogens is 2. The minimum atomic E-state index is -0.615. The highest BCUT2D eigenvalue weighted by atomic mass is 35.5. The molecule has 0 unspecified atom stereocenters. The van der Waals surface area contributed by atoms with Gasteiger partial charge in [0.05, 0.1) is 13.7 Å². The predicted molar refractivity (Wildman–Crippen MR) is 106 cm³/mol. The van der Waals surface area contributed by atoms with Gasteiger partial charge in [0.1, 0.15) is 17.1 Å². The lowest BCUT2D eigenvalue weighted by atomic mass is 10.1. The summed E-state index contributed by atoms with van der Waals surface area (Å²) in [5.41, 5.74) is 1.74. The molecular formula is C20H18ClN3O4. The third-order valence-electron chi connectivity index (χ3n) is 3.93. The van der Waals surface area contributed by atoms with Crippen LogP contribution < -0.4 is 10.1 Å². The Hall–Kier alpha value is -3.32. The van der Waals surface area contributed by atoms with Crippen LogP contribution in [0.5, 0.6) is 5.75 Å². The Balaban J connectivity index is 2.00. The number of anilines is 1. The maximum atomic E-state index is 12.8. The Morgan fingerprint density at radius 1 is 1.18 bits per heavy atom. The number of aromatic amines is 1. The summed E-state index contributed by atoms with van der Waals surface area (Å²) in [5, 5.41) is 10.2. The smallest absolute Gasteiger partial charge is 0.358 e. The van der Waals surface area contributed by atoms with Gasteiger partial charge in [-0.15, -0.1) is 0 Å². The van der Waals surface area contributed by atoms with Crippen molar-refractivity contribution in [1.82, 2.24) is 10.2 Å². The van der Waals surface area contributed by atoms with Gasteiger partial charge in [0.15, 0.2) is 5.69 Å². The van der Waals surface area contributed by atoms with Gasteiger partial charge in [-0.1, -0.05) is 29.8 Å². The second-order valence-electron chi connectivity index (χ2n) is 5.74. The van der Waals surface area contributed by atoms with Gasteiger partial charge < -0.3 is 14.8 Å². The first-order valence-electron chi connectivity index (χ1n) is 8.50. The molecule has 144 valence electrons. The van der Waals surface area contributed by atoms with E-state index in [4.69, 9.17) is 21.1 Å². The van der Waals surface area contributed by atoms with E-state index in [2.05, 4.69) is 15.5 Å². The minimum Gasteiger partial charge on any atom is -0.497 e. The molecule has 0 bridgehead atoms. The number of esters is 1. The molecule has 3 rings (SSSR count). The van der Waals surface area contributed by atoms with Crippen molar-refractivity contribution >= 4 is 29.2 Å². The fourth-order valence-corrected chi connectivity index (χ4v) is 2.71. The largest absolute Gasteiger partial charge is 0.497 e. The van der Waals surface area contributed by atoms with Crippen molar-refractivity contribution in [2.75, 3.05) is 19.0 Å². The molecule has 0 aliphatic heterocycles. The lowest BCUT2D eigenvalue weighted by molar-refractivity contribution is 0.0520. The number of H-pyrrole nitrogens is 1. The number of nitrogens with zero attached hydrogens (tertiary/aromatic N) is 1. The number of carbonyl (C=O) groups excluding carboxylic acids is 2. The van der Waals surface area contributed by atoms with E-state index >= 15 is 0 Å². The van der Waals surface area contributed by atoms with Gasteiger partial charge in [-0.05, 0) is 37.3 Å². The zero-order valence-corrected chi connectivity index (χ0v) is 16.0. The van der Waals surface area contributed by atoms with Crippen molar-refractivity contribution < 1.29 is 19.1 Å². The number of ether oxygens (including phenoxy) is 2. The summed E-state index contributed by atoms with van der Waals surface area (Å²) in [6.07, 6.45) is 0. The van der Waals surface area contributed by atoms with E-state index in [1.165, 1.54) is 7.11 Å². The van der Waals surface area contributed by atoms with Crippen LogP contribution in [0.25, 0.3) is 11.3 Å². The number of amides is 1. The first kappa shape index (κ1) is 19.4. The van der Waals surface area contributed by atoms with Crippen LogP contribution >= 0.6 is 11.6 Å². The fraction of sp³-hybridized carbons (Fsp3) is 0.150. The van der Waals surface area contributed by atoms with Crippen LogP contribution in [-0.2, 0) is 4.74 Å². The topological polar surface area (TPSA) is 93.3 Å². The summed E-state index contributed by atoms with van der Waals surface area (Å²) < 4.78 is 10.2. The van der Waals surface area contributed by atoms with E-state index in [0.29, 0.717) is 27.6 Å². The Morgan fingerprint density at radius 2 is 1.93 bits per heavy atom. The van der Waals surface area contributed by atoms with Gasteiger partial charge >= 0.3 is 5.97 Å². The molecule has 28 heavy (non-hydrogen) atoms. The van der Waals surface area contributed by atoms with Gasteiger partial charge in [0.25, 0.3) is 5.91 Å². The maximum absolute atomic E-state index is 12.8. The van der Waals surface area contributed by atoms with Crippen LogP contribution in [0.15, 0.2) is 48.5 Å². The molecule has 0 atom stereocenters. The van der Waals surface area contributed by atoms with E-state index in [9.17, 15) is 9.59 Å². The van der Waals surface area contributed by atoms with E-state index < -0.39 is 11.9 Å². The van der Waals surface area contributed by atoms with Gasteiger partial charge in [-0.3, -0.25) is 9.89 Å². The van der Waals surface area contributed by atoms with Gasteiger partial charge in [0.2, 0.25) is 0 Å². The van der Waals surface area contributed by atoms with Crippen LogP contribution in [0.3, 0.4) is 0 Å². The summed E-state index contributed by atoms with van der Waals surface area (Å²) in [6.45, 7) is 1.89. The minimum absolute atomic E-state index is 0.0584. The molecule has 8 heteroatoms. The normalized spacial score (nSPS) is 10.4. The van der Waals surface area contributed by atoms with Crippen LogP contribution in [0, 0.1) is 0 Å². The number of methoxy groups -OCH3 is 1. The van der Waals surface area contributed by atoms with Crippen molar-refractivity contribution in [3.8, 4) is 17.0 Å². The van der Waals surface area contributed by atoms with E-state index in [1.807, 2.05) is 0 Å². The highest BCUT2D eigenvalue weighted by Gasteiger charge is 2.23. The molecule has 0 radical (unpaired) electrons. The lowest BCUT2D eigenvalue weighted by Crippen LogP contribution is -2.16. The Labute approximate surface area is 166 Å². The van der Waals surface area contributed by atoms with Crippen LogP contribution in [0.2, 0.25) is 5.02 Å². The van der Waals surface area contributed by atoms with E-state index in [1.54, 1.807) is 55.5 Å². The number of benzene rings is 2. The third-order valence-corrected chi connectivity index (χ3v) is 4.19. The van der Waals surface area contributed by atoms with E-state index in [-0.39, 0.29) is 18.0 Å². The van der Waals surface area contributed by atoms with Crippen LogP contribution in [-0.4, -0.2) is 35.8 Å². The molecule has 3 aromatic rings. The number of carbonyl (C=O) groups is 2. The van der Waals surface area contributed by atoms with Crippen molar-refractivity contribution in [2.45, 2.75) is 6.92 Å². The van der Waals surface area contributed by atoms with Crippen molar-refractivity contribution in [1.29, 1.82) is 0 Å². The molecule has 2 aromatic carbocycles. The zero-order chi connectivity index (χ0) is 20.1. The average molecular weight is 400 g/mol. The Morgan fingerprint density at radius 3 is 2.61 bits per heavy atom. The number of nitrogens with one attached hydrogen (secondary N) is 2. The SMILES string of the molecule is CCOC(=O)c1[nH]nc(-c2ccc(Cl)cc2)c1NC(=O)c1cccc(OC)c1. The average Bonchev–Trinajstić information content (AvgIpc) is 3.12. The van der Waals surface area contributed by atoms with Crippen LogP contribution in [0.4, 0.5) is 5.69 Å². The highest BCUT2D eigenvalue weighted by Crippen LogP contribution is 2.31. The second-order valence-corrected chi connectivity index (χ2v) is 6.17. The molecule has 1 heterocycles. The quantitative estimate of drug-likeness (QED) is 0.607. The number of halogens is 1. The summed E-state index contributed by atoms with van der Waals surface area (Å²) in [4.78, 5) is 25.1. The Bertz CT molecular complexity index is 999. The number of hydrogen-bond acceptors (Lipinski definition) is 5. The van der Waals surface area contributed by atoms with Gasteiger partial charge in [-0.25, -0.2) is 4.79 Å². The molecule has 0 saturated heterocycles. The number of hydrogen-bond donors (Lipinski definition) is 2. The predicted octanol–water partition coefficient (Wildman–Crippen LogP) is 4.17. The first-order chi connectivity index (χ1) is 13.5. The van der Waals surface area contributed by atoms with Gasteiger partial charge in [0, 0.05) is 16.1 Å². The third kappa shape index (κ3) is 4.15.